The summed E-state index contributed by atoms with van der Waals surface area (Å²) in [6, 6.07) is 5.19. The van der Waals surface area contributed by atoms with E-state index in [9.17, 15) is 35.3 Å². The zero-order valence-electron chi connectivity index (χ0n) is 13.1. The van der Waals surface area contributed by atoms with Gasteiger partial charge < -0.3 is 35.2 Å². The molecule has 5 atom stereocenters. The lowest BCUT2D eigenvalue weighted by Crippen LogP contribution is -2.74. The van der Waals surface area contributed by atoms with Gasteiger partial charge in [-0.05, 0) is 6.07 Å². The fourth-order valence-corrected chi connectivity index (χ4v) is 2.45. The van der Waals surface area contributed by atoms with Crippen LogP contribution >= 0.6 is 0 Å². The second-order valence-electron chi connectivity index (χ2n) is 5.47. The van der Waals surface area contributed by atoms with Crippen molar-refractivity contribution in [3.8, 4) is 5.75 Å². The lowest BCUT2D eigenvalue weighted by atomic mass is 9.93. The van der Waals surface area contributed by atoms with Crippen molar-refractivity contribution >= 4 is 11.6 Å². The summed E-state index contributed by atoms with van der Waals surface area (Å²) in [5.74, 6) is -1.09. The Morgan fingerprint density at radius 3 is 2.64 bits per heavy atom. The number of nitrogens with zero attached hydrogens (tertiary/aromatic N) is 1. The molecule has 0 bridgehead atoms. The number of nitro benzene ring substituents is 1. The van der Waals surface area contributed by atoms with E-state index in [1.165, 1.54) is 18.2 Å². The van der Waals surface area contributed by atoms with Gasteiger partial charge >= 0.3 is 5.69 Å². The molecule has 0 aromatic heterocycles. The quantitative estimate of drug-likeness (QED) is 0.232. The van der Waals surface area contributed by atoms with Crippen molar-refractivity contribution in [3.05, 3.63) is 34.4 Å². The maximum atomic E-state index is 11.4. The summed E-state index contributed by atoms with van der Waals surface area (Å²) in [5.41, 5.74) is -3.06. The van der Waals surface area contributed by atoms with E-state index in [0.717, 1.165) is 13.0 Å². The number of hydrogen-bond donors (Lipinski definition) is 5. The van der Waals surface area contributed by atoms with Gasteiger partial charge in [-0.2, -0.15) is 0 Å². The van der Waals surface area contributed by atoms with Crippen molar-refractivity contribution in [2.24, 2.45) is 0 Å². The van der Waals surface area contributed by atoms with Gasteiger partial charge in [0.2, 0.25) is 17.4 Å². The first-order chi connectivity index (χ1) is 11.7. The highest BCUT2D eigenvalue weighted by atomic mass is 16.7. The highest BCUT2D eigenvalue weighted by Crippen LogP contribution is 2.33. The van der Waals surface area contributed by atoms with Gasteiger partial charge in [0.1, 0.15) is 18.3 Å². The molecule has 1 fully saturated rings. The van der Waals surface area contributed by atoms with Gasteiger partial charge in [0.25, 0.3) is 6.29 Å². The highest BCUT2D eigenvalue weighted by molar-refractivity contribution is 5.73. The first-order valence-corrected chi connectivity index (χ1v) is 7.24. The van der Waals surface area contributed by atoms with Crippen molar-refractivity contribution in [1.82, 2.24) is 5.32 Å². The summed E-state index contributed by atoms with van der Waals surface area (Å²) in [7, 11) is 0. The largest absolute Gasteiger partial charge is 0.452 e. The van der Waals surface area contributed by atoms with Crippen LogP contribution in [0.3, 0.4) is 0 Å². The van der Waals surface area contributed by atoms with Crippen LogP contribution in [-0.4, -0.2) is 68.2 Å². The fourth-order valence-electron chi connectivity index (χ4n) is 2.45. The molecule has 1 amide bonds. The minimum Gasteiger partial charge on any atom is -0.452 e. The monoisotopic (exact) mass is 358 g/mol. The van der Waals surface area contributed by atoms with Crippen LogP contribution in [-0.2, 0) is 9.53 Å². The summed E-state index contributed by atoms with van der Waals surface area (Å²) in [4.78, 5) is 21.7. The van der Waals surface area contributed by atoms with Gasteiger partial charge in [-0.15, -0.1) is 0 Å². The van der Waals surface area contributed by atoms with Gasteiger partial charge in [-0.1, -0.05) is 12.1 Å². The number of hydrogen-bond acceptors (Lipinski definition) is 9. The molecule has 138 valence electrons. The van der Waals surface area contributed by atoms with E-state index >= 15 is 0 Å². The van der Waals surface area contributed by atoms with Gasteiger partial charge in [0, 0.05) is 13.0 Å². The highest BCUT2D eigenvalue weighted by Gasteiger charge is 2.57. The average Bonchev–Trinajstić information content (AvgIpc) is 2.55. The van der Waals surface area contributed by atoms with Crippen LogP contribution in [0.1, 0.15) is 6.92 Å². The molecule has 11 nitrogen and oxygen atoms in total. The Hall–Kier alpha value is -2.31. The van der Waals surface area contributed by atoms with E-state index in [1.54, 1.807) is 0 Å². The molecule has 1 aliphatic heterocycles. The molecule has 1 unspecified atom stereocenters. The summed E-state index contributed by atoms with van der Waals surface area (Å²) in [6.07, 6.45) is -6.92. The van der Waals surface area contributed by atoms with Crippen LogP contribution in [0, 0.1) is 10.1 Å². The maximum Gasteiger partial charge on any atom is 0.311 e. The van der Waals surface area contributed by atoms with Crippen molar-refractivity contribution in [2.45, 2.75) is 37.3 Å². The Kier molecular flexibility index (Phi) is 5.55. The number of nitrogens with one attached hydrogen (secondary N) is 1. The number of carbonyl (C=O) groups excluding carboxylic acids is 1. The van der Waals surface area contributed by atoms with Crippen molar-refractivity contribution in [3.63, 3.8) is 0 Å². The summed E-state index contributed by atoms with van der Waals surface area (Å²) < 4.78 is 10.5. The number of para-hydroxylation sites is 2. The molecule has 0 saturated carbocycles. The average molecular weight is 358 g/mol. The molecule has 1 saturated heterocycles. The van der Waals surface area contributed by atoms with E-state index in [0.29, 0.717) is 0 Å². The van der Waals surface area contributed by atoms with E-state index in [1.807, 2.05) is 5.32 Å². The number of benzene rings is 1. The maximum absolute atomic E-state index is 11.4. The van der Waals surface area contributed by atoms with Crippen LogP contribution in [0.15, 0.2) is 24.3 Å². The van der Waals surface area contributed by atoms with Gasteiger partial charge in [0.15, 0.2) is 0 Å². The van der Waals surface area contributed by atoms with E-state index in [4.69, 9.17) is 9.47 Å². The van der Waals surface area contributed by atoms with Gasteiger partial charge in [0.05, 0.1) is 11.5 Å². The van der Waals surface area contributed by atoms with E-state index in [-0.39, 0.29) is 5.75 Å². The molecule has 11 heteroatoms. The predicted octanol–water partition coefficient (Wildman–Crippen LogP) is -1.76. The molecule has 25 heavy (non-hydrogen) atoms. The molecule has 2 rings (SSSR count). The molecule has 0 spiro atoms. The van der Waals surface area contributed by atoms with Crippen LogP contribution in [0.2, 0.25) is 0 Å². The molecule has 0 radical (unpaired) electrons. The number of amides is 1. The van der Waals surface area contributed by atoms with E-state index < -0.39 is 53.5 Å². The van der Waals surface area contributed by atoms with Crippen LogP contribution in [0.4, 0.5) is 5.69 Å². The number of aliphatic hydroxyl groups is 4. The number of rotatable bonds is 5. The molecular weight excluding hydrogens is 340 g/mol. The SMILES string of the molecule is CC(=O)N[C@]1(O)C(Oc2ccccc2[N+](=O)[O-])O[C@H](CO)[C@@H](O)[C@@H]1O. The van der Waals surface area contributed by atoms with Crippen LogP contribution < -0.4 is 10.1 Å². The third kappa shape index (κ3) is 3.70. The predicted molar refractivity (Wildman–Crippen MR) is 80.3 cm³/mol. The summed E-state index contributed by atoms with van der Waals surface area (Å²) in [6.45, 7) is 0.308. The smallest absolute Gasteiger partial charge is 0.311 e. The van der Waals surface area contributed by atoms with Crippen LogP contribution in [0.5, 0.6) is 5.75 Å². The standard InChI is InChI=1S/C14H18N2O9/c1-7(18)15-14(21)12(20)11(19)10(6-17)25-13(14)24-9-5-3-2-4-8(9)16(22)23/h2-5,10-13,17,19-21H,6H2,1H3,(H,15,18)/t10-,11-,12+,13?,14-/m1/s1. The molecule has 5 N–H and O–H groups in total. The topological polar surface area (TPSA) is 172 Å². The second kappa shape index (κ2) is 7.29. The molecular formula is C14H18N2O9. The molecule has 1 aliphatic rings. The molecule has 1 aromatic rings. The fraction of sp³-hybridized carbons (Fsp3) is 0.500. The number of nitro groups is 1. The summed E-state index contributed by atoms with van der Waals surface area (Å²) >= 11 is 0. The summed E-state index contributed by atoms with van der Waals surface area (Å²) in [5, 5.41) is 53.0. The third-order valence-electron chi connectivity index (χ3n) is 3.67. The van der Waals surface area contributed by atoms with Crippen LogP contribution in [0.25, 0.3) is 0 Å². The lowest BCUT2D eigenvalue weighted by Gasteiger charge is -2.47. The molecule has 0 aliphatic carbocycles. The zero-order chi connectivity index (χ0) is 18.8. The van der Waals surface area contributed by atoms with Crippen molar-refractivity contribution < 1.29 is 39.6 Å². The van der Waals surface area contributed by atoms with Crippen molar-refractivity contribution in [1.29, 1.82) is 0 Å². The Morgan fingerprint density at radius 2 is 2.08 bits per heavy atom. The van der Waals surface area contributed by atoms with Gasteiger partial charge in [-0.25, -0.2) is 0 Å². The third-order valence-corrected chi connectivity index (χ3v) is 3.67. The Labute approximate surface area is 141 Å². The number of carbonyl (C=O) groups is 1. The Morgan fingerprint density at radius 1 is 1.44 bits per heavy atom. The van der Waals surface area contributed by atoms with E-state index in [2.05, 4.69) is 0 Å². The molecule has 1 aromatic carbocycles. The second-order valence-corrected chi connectivity index (χ2v) is 5.47. The first-order valence-electron chi connectivity index (χ1n) is 7.24. The normalized spacial score (nSPS) is 32.0. The Balaban J connectivity index is 2.40. The molecule has 1 heterocycles. The van der Waals surface area contributed by atoms with Crippen molar-refractivity contribution in [2.75, 3.05) is 6.61 Å². The minimum atomic E-state index is -2.61. The van der Waals surface area contributed by atoms with Gasteiger partial charge in [-0.3, -0.25) is 14.9 Å². The Bertz CT molecular complexity index is 655. The first kappa shape index (κ1) is 19.0. The number of ether oxygens (including phenoxy) is 2. The lowest BCUT2D eigenvalue weighted by molar-refractivity contribution is -0.388. The number of aliphatic hydroxyl groups excluding tert-OH is 3. The zero-order valence-corrected chi connectivity index (χ0v) is 13.1. The minimum absolute atomic E-state index is 0.304.